The van der Waals surface area contributed by atoms with Crippen LogP contribution in [0.5, 0.6) is 11.5 Å². The summed E-state index contributed by atoms with van der Waals surface area (Å²) in [6.45, 7) is 11.0. The van der Waals surface area contributed by atoms with E-state index in [1.807, 2.05) is 36.4 Å². The number of ether oxygens (including phenoxy) is 2. The maximum absolute atomic E-state index is 12.3. The number of hydrogen-bond donors (Lipinski definition) is 0. The van der Waals surface area contributed by atoms with Gasteiger partial charge in [-0.15, -0.1) is 0 Å². The fourth-order valence-electron chi connectivity index (χ4n) is 4.66. The molecule has 0 bridgehead atoms. The second kappa shape index (κ2) is 8.98. The summed E-state index contributed by atoms with van der Waals surface area (Å²) in [4.78, 5) is 24.6. The fourth-order valence-corrected chi connectivity index (χ4v) is 4.66. The molecule has 0 N–H and O–H groups in total. The normalized spacial score (nSPS) is 12.1. The molecule has 0 saturated heterocycles. The third kappa shape index (κ3) is 5.30. The number of hydrogen-bond acceptors (Lipinski definition) is 5. The van der Waals surface area contributed by atoms with Crippen molar-refractivity contribution in [2.75, 3.05) is 6.61 Å². The monoisotopic (exact) mass is 458 g/mol. The smallest absolute Gasteiger partial charge is 0.349 e. The van der Waals surface area contributed by atoms with E-state index >= 15 is 0 Å². The van der Waals surface area contributed by atoms with Crippen LogP contribution in [0.15, 0.2) is 75.9 Å². The van der Waals surface area contributed by atoms with Crippen molar-refractivity contribution in [3.63, 3.8) is 0 Å². The molecule has 0 atom stereocenters. The average Bonchev–Trinajstić information content (AvgIpc) is 2.76. The predicted molar refractivity (Wildman–Crippen MR) is 135 cm³/mol. The molecular weight excluding hydrogens is 428 g/mol. The van der Waals surface area contributed by atoms with Crippen molar-refractivity contribution in [1.29, 1.82) is 0 Å². The van der Waals surface area contributed by atoms with Crippen LogP contribution in [0.2, 0.25) is 0 Å². The van der Waals surface area contributed by atoms with E-state index < -0.39 is 11.6 Å². The first-order valence-corrected chi connectivity index (χ1v) is 11.4. The van der Waals surface area contributed by atoms with Gasteiger partial charge < -0.3 is 13.9 Å². The number of carbonyl (C=O) groups is 1. The highest BCUT2D eigenvalue weighted by Gasteiger charge is 2.27. The molecule has 4 aromatic rings. The molecule has 3 aromatic carbocycles. The van der Waals surface area contributed by atoms with Crippen LogP contribution in [0.4, 0.5) is 0 Å². The van der Waals surface area contributed by atoms with Crippen LogP contribution in [-0.2, 0) is 10.2 Å². The van der Waals surface area contributed by atoms with Gasteiger partial charge in [-0.25, -0.2) is 9.59 Å². The second-order valence-electron chi connectivity index (χ2n) is 10.5. The fraction of sp³-hybridized carbons (Fsp3) is 0.310. The summed E-state index contributed by atoms with van der Waals surface area (Å²) < 4.78 is 16.4. The molecule has 0 fully saturated rings. The quantitative estimate of drug-likeness (QED) is 0.140. The summed E-state index contributed by atoms with van der Waals surface area (Å²) in [7, 11) is 0. The first-order chi connectivity index (χ1) is 16.0. The van der Waals surface area contributed by atoms with Crippen LogP contribution in [0.25, 0.3) is 21.7 Å². The van der Waals surface area contributed by atoms with Gasteiger partial charge in [0.15, 0.2) is 6.61 Å². The molecular formula is C29H30O5. The lowest BCUT2D eigenvalue weighted by Gasteiger charge is -2.33. The second-order valence-corrected chi connectivity index (χ2v) is 10.5. The van der Waals surface area contributed by atoms with Gasteiger partial charge in [-0.3, -0.25) is 0 Å². The minimum absolute atomic E-state index is 0.0339. The Labute approximate surface area is 199 Å². The van der Waals surface area contributed by atoms with E-state index in [9.17, 15) is 9.59 Å². The van der Waals surface area contributed by atoms with E-state index in [0.29, 0.717) is 22.5 Å². The summed E-state index contributed by atoms with van der Waals surface area (Å²) in [6.07, 6.45) is 1.05. The van der Waals surface area contributed by atoms with Gasteiger partial charge >= 0.3 is 11.6 Å². The third-order valence-electron chi connectivity index (χ3n) is 5.79. The zero-order valence-electron chi connectivity index (χ0n) is 20.3. The van der Waals surface area contributed by atoms with Crippen LogP contribution in [-0.4, -0.2) is 12.6 Å². The molecule has 0 amide bonds. The van der Waals surface area contributed by atoms with Crippen molar-refractivity contribution in [1.82, 2.24) is 0 Å². The molecule has 1 aromatic heterocycles. The Kier molecular flexibility index (Phi) is 6.22. The molecule has 4 rings (SSSR count). The van der Waals surface area contributed by atoms with E-state index in [4.69, 9.17) is 13.9 Å². The van der Waals surface area contributed by atoms with Gasteiger partial charge in [0.25, 0.3) is 0 Å². The Hall–Kier alpha value is -3.60. The number of rotatable bonds is 6. The highest BCUT2D eigenvalue weighted by Crippen LogP contribution is 2.36. The molecule has 0 spiro atoms. The van der Waals surface area contributed by atoms with Crippen LogP contribution < -0.4 is 15.1 Å². The molecule has 5 heteroatoms. The Morgan fingerprint density at radius 2 is 1.47 bits per heavy atom. The van der Waals surface area contributed by atoms with E-state index in [2.05, 4.69) is 34.6 Å². The lowest BCUT2D eigenvalue weighted by Crippen LogP contribution is -2.24. The highest BCUT2D eigenvalue weighted by molar-refractivity contribution is 6.04. The first kappa shape index (κ1) is 23.6. The lowest BCUT2D eigenvalue weighted by atomic mass is 9.72. The number of fused-ring (bicyclic) bond motifs is 3. The molecule has 176 valence electrons. The van der Waals surface area contributed by atoms with Gasteiger partial charge in [0.1, 0.15) is 17.1 Å². The number of carbonyl (C=O) groups excluding carboxylic acids is 1. The topological polar surface area (TPSA) is 65.7 Å². The Balaban J connectivity index is 1.41. The molecule has 1 heterocycles. The van der Waals surface area contributed by atoms with Crippen LogP contribution in [0.3, 0.4) is 0 Å². The largest absolute Gasteiger partial charge is 0.482 e. The van der Waals surface area contributed by atoms with Crippen LogP contribution in [0, 0.1) is 5.41 Å². The van der Waals surface area contributed by atoms with E-state index in [-0.39, 0.29) is 17.4 Å². The Morgan fingerprint density at radius 3 is 2.15 bits per heavy atom. The summed E-state index contributed by atoms with van der Waals surface area (Å²) in [6, 6.07) is 20.1. The van der Waals surface area contributed by atoms with Gasteiger partial charge in [-0.05, 0) is 58.5 Å². The van der Waals surface area contributed by atoms with Gasteiger partial charge in [-0.2, -0.15) is 0 Å². The average molecular weight is 459 g/mol. The lowest BCUT2D eigenvalue weighted by molar-refractivity contribution is -0.136. The maximum atomic E-state index is 12.3. The van der Waals surface area contributed by atoms with Gasteiger partial charge in [0.05, 0.1) is 5.39 Å². The van der Waals surface area contributed by atoms with Crippen molar-refractivity contribution >= 4 is 27.7 Å². The molecule has 0 aliphatic carbocycles. The predicted octanol–water partition coefficient (Wildman–Crippen LogP) is 6.64. The summed E-state index contributed by atoms with van der Waals surface area (Å²) in [5, 5.41) is 2.09. The van der Waals surface area contributed by atoms with Crippen molar-refractivity contribution < 1.29 is 18.7 Å². The van der Waals surface area contributed by atoms with Crippen molar-refractivity contribution in [2.24, 2.45) is 5.41 Å². The van der Waals surface area contributed by atoms with Crippen molar-refractivity contribution in [2.45, 2.75) is 46.5 Å². The summed E-state index contributed by atoms with van der Waals surface area (Å²) >= 11 is 0. The van der Waals surface area contributed by atoms with Gasteiger partial charge in [0, 0.05) is 11.5 Å². The molecule has 0 unspecified atom stereocenters. The molecule has 34 heavy (non-hydrogen) atoms. The van der Waals surface area contributed by atoms with E-state index in [0.717, 1.165) is 17.2 Å². The minimum Gasteiger partial charge on any atom is -0.482 e. The van der Waals surface area contributed by atoms with E-state index in [1.54, 1.807) is 30.3 Å². The summed E-state index contributed by atoms with van der Waals surface area (Å²) in [5.74, 6) is 0.349. The molecule has 0 aliphatic rings. The van der Waals surface area contributed by atoms with Crippen LogP contribution in [0.1, 0.15) is 46.6 Å². The van der Waals surface area contributed by atoms with Gasteiger partial charge in [0.2, 0.25) is 0 Å². The Morgan fingerprint density at radius 1 is 0.824 bits per heavy atom. The number of benzene rings is 3. The third-order valence-corrected chi connectivity index (χ3v) is 5.79. The van der Waals surface area contributed by atoms with E-state index in [1.165, 1.54) is 5.56 Å². The SMILES string of the molecule is CC(C)(C)CC(C)(C)c1ccc(OCC(=O)Oc2ccc3c(c2)oc(=O)c2ccccc23)cc1. The van der Waals surface area contributed by atoms with Crippen molar-refractivity contribution in [3.8, 4) is 11.5 Å². The highest BCUT2D eigenvalue weighted by atomic mass is 16.6. The summed E-state index contributed by atoms with van der Waals surface area (Å²) in [5.41, 5.74) is 1.42. The zero-order chi connectivity index (χ0) is 24.5. The number of esters is 1. The zero-order valence-corrected chi connectivity index (χ0v) is 20.3. The van der Waals surface area contributed by atoms with Crippen molar-refractivity contribution in [3.05, 3.63) is 82.7 Å². The molecule has 0 radical (unpaired) electrons. The minimum atomic E-state index is -0.542. The standard InChI is InChI=1S/C29H30O5/c1-28(2,3)18-29(4,5)19-10-12-20(13-11-19)32-17-26(30)33-21-14-15-23-22-8-6-7-9-24(22)27(31)34-25(23)16-21/h6-16H,17-18H2,1-5H3. The molecule has 0 saturated carbocycles. The Bertz CT molecular complexity index is 1390. The molecule has 5 nitrogen and oxygen atoms in total. The molecule has 0 aliphatic heterocycles. The first-order valence-electron chi connectivity index (χ1n) is 11.4. The van der Waals surface area contributed by atoms with Gasteiger partial charge in [-0.1, -0.05) is 65.0 Å². The van der Waals surface area contributed by atoms with Crippen LogP contribution >= 0.6 is 0 Å². The maximum Gasteiger partial charge on any atom is 0.349 e.